The molecule has 210 valence electrons. The monoisotopic (exact) mass is 550 g/mol. The van der Waals surface area contributed by atoms with Crippen LogP contribution in [-0.4, -0.2) is 55.3 Å². The SMILES string of the molecule is O=C(N[C@H](c1cn2ncc(C3CC(O)(C(F)F)CCN3)nc2n1)C1CCC(F)(F)CC1)OCc1ccccc1. The lowest BCUT2D eigenvalue weighted by Gasteiger charge is -2.36. The number of aromatic nitrogens is 4. The van der Waals surface area contributed by atoms with E-state index in [2.05, 4.69) is 25.7 Å². The molecule has 2 aromatic heterocycles. The molecule has 1 aromatic carbocycles. The van der Waals surface area contributed by atoms with Crippen LogP contribution in [0.4, 0.5) is 22.4 Å². The molecule has 3 atom stereocenters. The van der Waals surface area contributed by atoms with E-state index >= 15 is 0 Å². The van der Waals surface area contributed by atoms with Crippen molar-refractivity contribution in [2.45, 2.75) is 75.2 Å². The van der Waals surface area contributed by atoms with Crippen LogP contribution in [0.2, 0.25) is 0 Å². The van der Waals surface area contributed by atoms with Crippen molar-refractivity contribution in [3.05, 3.63) is 59.7 Å². The van der Waals surface area contributed by atoms with Gasteiger partial charge in [0.15, 0.2) is 0 Å². The highest BCUT2D eigenvalue weighted by atomic mass is 19.3. The summed E-state index contributed by atoms with van der Waals surface area (Å²) in [5, 5.41) is 20.5. The van der Waals surface area contributed by atoms with Crippen molar-refractivity contribution in [3.8, 4) is 0 Å². The Hall–Kier alpha value is -3.32. The lowest BCUT2D eigenvalue weighted by Crippen LogP contribution is -2.48. The summed E-state index contributed by atoms with van der Waals surface area (Å²) >= 11 is 0. The number of rotatable bonds is 7. The molecule has 3 heterocycles. The Morgan fingerprint density at radius 1 is 1.18 bits per heavy atom. The molecule has 1 aliphatic carbocycles. The standard InChI is InChI=1S/C26H30F4N6O3/c27-22(28)25(38)10-11-31-18(12-25)19-13-32-36-14-20(34-23(36)33-19)21(17-6-8-26(29,30)9-7-17)35-24(37)39-15-16-4-2-1-3-5-16/h1-5,13-14,17-18,21-22,31,38H,6-12,15H2,(H,35,37)/t18?,21-,25?/m0/s1. The van der Waals surface area contributed by atoms with Crippen LogP contribution in [0.25, 0.3) is 5.78 Å². The number of halogens is 4. The van der Waals surface area contributed by atoms with Crippen molar-refractivity contribution in [3.63, 3.8) is 0 Å². The second-order valence-corrected chi connectivity index (χ2v) is 10.3. The van der Waals surface area contributed by atoms with E-state index in [0.29, 0.717) is 11.4 Å². The quantitative estimate of drug-likeness (QED) is 0.375. The van der Waals surface area contributed by atoms with Gasteiger partial charge in [-0.1, -0.05) is 30.3 Å². The van der Waals surface area contributed by atoms with E-state index in [9.17, 15) is 27.5 Å². The summed E-state index contributed by atoms with van der Waals surface area (Å²) in [5.41, 5.74) is -0.616. The highest BCUT2D eigenvalue weighted by molar-refractivity contribution is 5.68. The average molecular weight is 551 g/mol. The van der Waals surface area contributed by atoms with Crippen LogP contribution < -0.4 is 10.6 Å². The van der Waals surface area contributed by atoms with Crippen LogP contribution >= 0.6 is 0 Å². The van der Waals surface area contributed by atoms with Crippen molar-refractivity contribution >= 4 is 11.9 Å². The van der Waals surface area contributed by atoms with Gasteiger partial charge >= 0.3 is 6.09 Å². The molecule has 0 radical (unpaired) electrons. The molecular weight excluding hydrogens is 520 g/mol. The molecule has 3 N–H and O–H groups in total. The molecule has 0 spiro atoms. The minimum atomic E-state index is -2.90. The number of carbonyl (C=O) groups is 1. The summed E-state index contributed by atoms with van der Waals surface area (Å²) in [7, 11) is 0. The van der Waals surface area contributed by atoms with Crippen molar-refractivity contribution < 1.29 is 32.2 Å². The molecule has 2 unspecified atom stereocenters. The maximum atomic E-state index is 13.9. The number of benzene rings is 1. The Balaban J connectivity index is 1.36. The normalized spacial score (nSPS) is 24.5. The minimum Gasteiger partial charge on any atom is -0.445 e. The molecule has 39 heavy (non-hydrogen) atoms. The lowest BCUT2D eigenvalue weighted by molar-refractivity contribution is -0.120. The van der Waals surface area contributed by atoms with Gasteiger partial charge in [0.1, 0.15) is 12.2 Å². The number of hydrogen-bond acceptors (Lipinski definition) is 7. The zero-order valence-electron chi connectivity index (χ0n) is 21.1. The predicted molar refractivity (Wildman–Crippen MR) is 131 cm³/mol. The fourth-order valence-electron chi connectivity index (χ4n) is 5.24. The van der Waals surface area contributed by atoms with Crippen molar-refractivity contribution in [2.24, 2.45) is 5.92 Å². The first-order valence-electron chi connectivity index (χ1n) is 12.9. The number of ether oxygens (including phenoxy) is 1. The van der Waals surface area contributed by atoms with E-state index < -0.39 is 36.1 Å². The Morgan fingerprint density at radius 2 is 1.92 bits per heavy atom. The predicted octanol–water partition coefficient (Wildman–Crippen LogP) is 4.34. The van der Waals surface area contributed by atoms with Gasteiger partial charge in [-0.15, -0.1) is 0 Å². The summed E-state index contributed by atoms with van der Waals surface area (Å²) in [4.78, 5) is 21.7. The van der Waals surface area contributed by atoms with Crippen molar-refractivity contribution in [2.75, 3.05) is 6.54 Å². The molecule has 1 aliphatic heterocycles. The number of aliphatic hydroxyl groups is 1. The number of nitrogens with one attached hydrogen (secondary N) is 2. The average Bonchev–Trinajstić information content (AvgIpc) is 3.34. The molecule has 5 rings (SSSR count). The van der Waals surface area contributed by atoms with Gasteiger partial charge < -0.3 is 20.5 Å². The van der Waals surface area contributed by atoms with Gasteiger partial charge in [-0.3, -0.25) is 0 Å². The Kier molecular flexibility index (Phi) is 7.72. The maximum Gasteiger partial charge on any atom is 0.408 e. The van der Waals surface area contributed by atoms with Gasteiger partial charge in [0.25, 0.3) is 12.2 Å². The number of alkyl carbamates (subject to hydrolysis) is 1. The minimum absolute atomic E-state index is 0.0408. The Labute approximate surface area is 222 Å². The Morgan fingerprint density at radius 3 is 2.64 bits per heavy atom. The zero-order valence-corrected chi connectivity index (χ0v) is 21.1. The fourth-order valence-corrected chi connectivity index (χ4v) is 5.24. The maximum absolute atomic E-state index is 13.9. The number of imidazole rings is 1. The molecule has 9 nitrogen and oxygen atoms in total. The number of amides is 1. The first kappa shape index (κ1) is 27.3. The highest BCUT2D eigenvalue weighted by Gasteiger charge is 2.43. The first-order chi connectivity index (χ1) is 18.6. The topological polar surface area (TPSA) is 114 Å². The second kappa shape index (κ2) is 11.0. The van der Waals surface area contributed by atoms with E-state index in [0.717, 1.165) is 5.56 Å². The molecule has 2 fully saturated rings. The van der Waals surface area contributed by atoms with Gasteiger partial charge in [0.05, 0.1) is 35.9 Å². The number of piperidine rings is 1. The summed E-state index contributed by atoms with van der Waals surface area (Å²) in [6, 6.07) is 7.74. The molecular formula is C26H30F4N6O3. The molecule has 13 heteroatoms. The van der Waals surface area contributed by atoms with Crippen LogP contribution in [0.1, 0.15) is 67.6 Å². The van der Waals surface area contributed by atoms with Crippen LogP contribution in [-0.2, 0) is 11.3 Å². The van der Waals surface area contributed by atoms with Crippen molar-refractivity contribution in [1.82, 2.24) is 30.2 Å². The summed E-state index contributed by atoms with van der Waals surface area (Å²) in [6.45, 7) is 0.223. The van der Waals surface area contributed by atoms with Crippen LogP contribution in [0.15, 0.2) is 42.7 Å². The van der Waals surface area contributed by atoms with E-state index in [4.69, 9.17) is 4.74 Å². The molecule has 1 saturated heterocycles. The largest absolute Gasteiger partial charge is 0.445 e. The van der Waals surface area contributed by atoms with E-state index in [1.807, 2.05) is 30.3 Å². The number of nitrogens with zero attached hydrogens (tertiary/aromatic N) is 4. The third-order valence-corrected chi connectivity index (χ3v) is 7.54. The summed E-state index contributed by atoms with van der Waals surface area (Å²) < 4.78 is 61.3. The van der Waals surface area contributed by atoms with Crippen molar-refractivity contribution in [1.29, 1.82) is 0 Å². The lowest BCUT2D eigenvalue weighted by atomic mass is 9.81. The Bertz CT molecular complexity index is 1280. The van der Waals surface area contributed by atoms with E-state index in [-0.39, 0.29) is 63.4 Å². The molecule has 1 amide bonds. The third-order valence-electron chi connectivity index (χ3n) is 7.54. The third kappa shape index (κ3) is 6.30. The number of alkyl halides is 4. The second-order valence-electron chi connectivity index (χ2n) is 10.3. The number of carbonyl (C=O) groups excluding carboxylic acids is 1. The van der Waals surface area contributed by atoms with Crippen LogP contribution in [0, 0.1) is 5.92 Å². The fraction of sp³-hybridized carbons (Fsp3) is 0.538. The number of fused-ring (bicyclic) bond motifs is 1. The van der Waals surface area contributed by atoms with Gasteiger partial charge in [0.2, 0.25) is 5.92 Å². The number of hydrogen-bond donors (Lipinski definition) is 3. The molecule has 1 saturated carbocycles. The molecule has 0 bridgehead atoms. The van der Waals surface area contributed by atoms with E-state index in [1.54, 1.807) is 6.20 Å². The molecule has 2 aliphatic rings. The molecule has 3 aromatic rings. The zero-order chi connectivity index (χ0) is 27.6. The van der Waals surface area contributed by atoms with Crippen LogP contribution in [0.3, 0.4) is 0 Å². The highest BCUT2D eigenvalue weighted by Crippen LogP contribution is 2.41. The van der Waals surface area contributed by atoms with Gasteiger partial charge in [-0.2, -0.15) is 5.10 Å². The van der Waals surface area contributed by atoms with Gasteiger partial charge in [0, 0.05) is 19.3 Å². The smallest absolute Gasteiger partial charge is 0.408 e. The van der Waals surface area contributed by atoms with E-state index in [1.165, 1.54) is 10.7 Å². The first-order valence-corrected chi connectivity index (χ1v) is 12.9. The van der Waals surface area contributed by atoms with Crippen LogP contribution in [0.5, 0.6) is 0 Å². The van der Waals surface area contributed by atoms with Gasteiger partial charge in [-0.05, 0) is 37.3 Å². The summed E-state index contributed by atoms with van der Waals surface area (Å²) in [5.74, 6) is -2.92. The summed E-state index contributed by atoms with van der Waals surface area (Å²) in [6.07, 6.45) is -1.22. The van der Waals surface area contributed by atoms with Gasteiger partial charge in [-0.25, -0.2) is 36.8 Å².